The molecule has 1 atom stereocenters. The van der Waals surface area contributed by atoms with Crippen LogP contribution in [0.1, 0.15) is 17.2 Å². The zero-order chi connectivity index (χ0) is 21.2. The highest BCUT2D eigenvalue weighted by Gasteiger charge is 2.24. The molecule has 2 aromatic rings. The van der Waals surface area contributed by atoms with Crippen molar-refractivity contribution in [3.63, 3.8) is 0 Å². The first-order valence-electron chi connectivity index (χ1n) is 10.3. The van der Waals surface area contributed by atoms with E-state index in [2.05, 4.69) is 38.7 Å². The average Bonchev–Trinajstić information content (AvgIpc) is 2.80. The van der Waals surface area contributed by atoms with E-state index in [-0.39, 0.29) is 6.04 Å². The number of rotatable bonds is 8. The third-order valence-electron chi connectivity index (χ3n) is 5.30. The first-order valence-corrected chi connectivity index (χ1v) is 10.7. The highest BCUT2D eigenvalue weighted by molar-refractivity contribution is 6.31. The van der Waals surface area contributed by atoms with Gasteiger partial charge in [0.15, 0.2) is 5.96 Å². The van der Waals surface area contributed by atoms with Crippen LogP contribution in [0.4, 0.5) is 0 Å². The summed E-state index contributed by atoms with van der Waals surface area (Å²) in [6.45, 7) is 4.78. The van der Waals surface area contributed by atoms with E-state index in [1.165, 1.54) is 5.56 Å². The molecule has 1 saturated heterocycles. The lowest BCUT2D eigenvalue weighted by molar-refractivity contribution is 0.0170. The van der Waals surface area contributed by atoms with Crippen LogP contribution in [-0.4, -0.2) is 64.4 Å². The fraction of sp³-hybridized carbons (Fsp3) is 0.435. The topological polar surface area (TPSA) is 58.1 Å². The van der Waals surface area contributed by atoms with Gasteiger partial charge in [-0.25, -0.2) is 0 Å². The minimum Gasteiger partial charge on any atom is -0.497 e. The lowest BCUT2D eigenvalue weighted by Gasteiger charge is -2.35. The van der Waals surface area contributed by atoms with Crippen LogP contribution in [0.25, 0.3) is 0 Å². The zero-order valence-corrected chi connectivity index (χ0v) is 18.5. The van der Waals surface area contributed by atoms with E-state index in [4.69, 9.17) is 21.1 Å². The lowest BCUT2D eigenvalue weighted by Crippen LogP contribution is -2.46. The Balaban J connectivity index is 1.56. The SMILES string of the molecule is CN=C(NCCc1ccc(OC)cc1)NCC(c1ccccc1Cl)N1CCOCC1. The van der Waals surface area contributed by atoms with Crippen molar-refractivity contribution in [3.8, 4) is 5.75 Å². The number of morpholine rings is 1. The van der Waals surface area contributed by atoms with Gasteiger partial charge in [0.25, 0.3) is 0 Å². The van der Waals surface area contributed by atoms with Crippen molar-refractivity contribution in [3.05, 3.63) is 64.7 Å². The maximum Gasteiger partial charge on any atom is 0.191 e. The smallest absolute Gasteiger partial charge is 0.191 e. The van der Waals surface area contributed by atoms with Crippen molar-refractivity contribution >= 4 is 17.6 Å². The second-order valence-corrected chi connectivity index (χ2v) is 7.57. The van der Waals surface area contributed by atoms with Gasteiger partial charge in [0.1, 0.15) is 5.75 Å². The molecule has 30 heavy (non-hydrogen) atoms. The molecule has 3 rings (SSSR count). The fourth-order valence-corrected chi connectivity index (χ4v) is 3.86. The second kappa shape index (κ2) is 11.8. The molecule has 0 saturated carbocycles. The maximum atomic E-state index is 6.52. The molecule has 6 nitrogen and oxygen atoms in total. The van der Waals surface area contributed by atoms with Crippen molar-refractivity contribution in [1.82, 2.24) is 15.5 Å². The summed E-state index contributed by atoms with van der Waals surface area (Å²) in [7, 11) is 3.47. The van der Waals surface area contributed by atoms with Crippen molar-refractivity contribution < 1.29 is 9.47 Å². The van der Waals surface area contributed by atoms with Gasteiger partial charge in [0.2, 0.25) is 0 Å². The zero-order valence-electron chi connectivity index (χ0n) is 17.7. The largest absolute Gasteiger partial charge is 0.497 e. The van der Waals surface area contributed by atoms with Crippen molar-refractivity contribution in [2.45, 2.75) is 12.5 Å². The van der Waals surface area contributed by atoms with Crippen LogP contribution in [0, 0.1) is 0 Å². The molecule has 0 radical (unpaired) electrons. The van der Waals surface area contributed by atoms with Crippen LogP contribution in [-0.2, 0) is 11.2 Å². The minimum atomic E-state index is 0.155. The molecule has 2 N–H and O–H groups in total. The van der Waals surface area contributed by atoms with E-state index in [0.29, 0.717) is 6.54 Å². The van der Waals surface area contributed by atoms with E-state index >= 15 is 0 Å². The maximum absolute atomic E-state index is 6.52. The molecular formula is C23H31ClN4O2. The van der Waals surface area contributed by atoms with E-state index in [1.807, 2.05) is 30.3 Å². The monoisotopic (exact) mass is 430 g/mol. The highest BCUT2D eigenvalue weighted by Crippen LogP contribution is 2.27. The summed E-state index contributed by atoms with van der Waals surface area (Å²) in [6.07, 6.45) is 0.905. The molecule has 1 heterocycles. The normalized spacial score (nSPS) is 16.2. The Morgan fingerprint density at radius 2 is 1.87 bits per heavy atom. The van der Waals surface area contributed by atoms with E-state index < -0.39 is 0 Å². The molecule has 2 aromatic carbocycles. The summed E-state index contributed by atoms with van der Waals surface area (Å²) < 4.78 is 10.7. The number of hydrogen-bond acceptors (Lipinski definition) is 4. The lowest BCUT2D eigenvalue weighted by atomic mass is 10.0. The molecule has 0 bridgehead atoms. The molecule has 0 spiro atoms. The number of benzene rings is 2. The third kappa shape index (κ3) is 6.36. The number of aliphatic imine (C=N–C) groups is 1. The Kier molecular flexibility index (Phi) is 8.81. The predicted octanol–water partition coefficient (Wildman–Crippen LogP) is 3.13. The van der Waals surface area contributed by atoms with Crippen molar-refractivity contribution in [2.24, 2.45) is 4.99 Å². The molecule has 0 aliphatic carbocycles. The van der Waals surface area contributed by atoms with Crippen LogP contribution in [0.3, 0.4) is 0 Å². The molecule has 1 aliphatic heterocycles. The Labute approximate surface area is 184 Å². The quantitative estimate of drug-likeness (QED) is 0.497. The standard InChI is InChI=1S/C23H31ClN4O2/c1-25-23(26-12-11-18-7-9-19(29-2)10-8-18)27-17-22(28-13-15-30-16-14-28)20-5-3-4-6-21(20)24/h3-10,22H,11-17H2,1-2H3,(H2,25,26,27). The Bertz CT molecular complexity index is 807. The van der Waals surface area contributed by atoms with E-state index in [9.17, 15) is 0 Å². The number of ether oxygens (including phenoxy) is 2. The molecule has 1 fully saturated rings. The Morgan fingerprint density at radius 1 is 1.13 bits per heavy atom. The third-order valence-corrected chi connectivity index (χ3v) is 5.65. The number of hydrogen-bond donors (Lipinski definition) is 2. The van der Waals surface area contributed by atoms with Crippen LogP contribution in [0.5, 0.6) is 5.75 Å². The summed E-state index contributed by atoms with van der Waals surface area (Å²) in [5.41, 5.74) is 2.38. The van der Waals surface area contributed by atoms with Gasteiger partial charge >= 0.3 is 0 Å². The summed E-state index contributed by atoms with van der Waals surface area (Å²) in [5, 5.41) is 7.67. The van der Waals surface area contributed by atoms with Gasteiger partial charge in [-0.3, -0.25) is 9.89 Å². The highest BCUT2D eigenvalue weighted by atomic mass is 35.5. The van der Waals surface area contributed by atoms with Gasteiger partial charge in [-0.15, -0.1) is 0 Å². The first-order chi connectivity index (χ1) is 14.7. The number of halogens is 1. The Hall–Kier alpha value is -2.28. The van der Waals surface area contributed by atoms with Gasteiger partial charge in [0, 0.05) is 38.2 Å². The number of guanidine groups is 1. The summed E-state index contributed by atoms with van der Waals surface area (Å²) >= 11 is 6.52. The average molecular weight is 431 g/mol. The summed E-state index contributed by atoms with van der Waals surface area (Å²) in [6, 6.07) is 16.4. The van der Waals surface area contributed by atoms with Gasteiger partial charge in [0.05, 0.1) is 26.4 Å². The first kappa shape index (κ1) is 22.4. The second-order valence-electron chi connectivity index (χ2n) is 7.16. The van der Waals surface area contributed by atoms with Gasteiger partial charge in [-0.2, -0.15) is 0 Å². The number of nitrogens with zero attached hydrogens (tertiary/aromatic N) is 2. The van der Waals surface area contributed by atoms with Gasteiger partial charge in [-0.05, 0) is 35.7 Å². The summed E-state index contributed by atoms with van der Waals surface area (Å²) in [4.78, 5) is 6.80. The molecule has 162 valence electrons. The molecule has 7 heteroatoms. The van der Waals surface area contributed by atoms with Gasteiger partial charge < -0.3 is 20.1 Å². The van der Waals surface area contributed by atoms with Gasteiger partial charge in [-0.1, -0.05) is 41.9 Å². The molecule has 1 aliphatic rings. The number of methoxy groups -OCH3 is 1. The van der Waals surface area contributed by atoms with Crippen molar-refractivity contribution in [1.29, 1.82) is 0 Å². The molecule has 0 aromatic heterocycles. The molecule has 0 amide bonds. The minimum absolute atomic E-state index is 0.155. The van der Waals surface area contributed by atoms with Crippen LogP contribution in [0.2, 0.25) is 5.02 Å². The predicted molar refractivity (Wildman–Crippen MR) is 123 cm³/mol. The van der Waals surface area contributed by atoms with Crippen LogP contribution in [0.15, 0.2) is 53.5 Å². The van der Waals surface area contributed by atoms with Crippen molar-refractivity contribution in [2.75, 3.05) is 53.6 Å². The molecule has 1 unspecified atom stereocenters. The van der Waals surface area contributed by atoms with Crippen LogP contribution >= 0.6 is 11.6 Å². The number of nitrogens with one attached hydrogen (secondary N) is 2. The fourth-order valence-electron chi connectivity index (χ4n) is 3.60. The Morgan fingerprint density at radius 3 is 2.53 bits per heavy atom. The van der Waals surface area contributed by atoms with Crippen LogP contribution < -0.4 is 15.4 Å². The van der Waals surface area contributed by atoms with E-state index in [0.717, 1.165) is 61.6 Å². The summed E-state index contributed by atoms with van der Waals surface area (Å²) in [5.74, 6) is 1.66. The van der Waals surface area contributed by atoms with E-state index in [1.54, 1.807) is 14.2 Å². The molecular weight excluding hydrogens is 400 g/mol.